The Bertz CT molecular complexity index is 1260. The Kier molecular flexibility index (Phi) is 12.2. The van der Waals surface area contributed by atoms with Crippen molar-refractivity contribution in [3.63, 3.8) is 0 Å². The van der Waals surface area contributed by atoms with E-state index in [2.05, 4.69) is 105 Å². The average molecular weight is 649 g/mol. The number of hydrogen-bond donors (Lipinski definition) is 0. The maximum atomic E-state index is 2.80. The molecule has 2 unspecified atom stereocenters. The molecule has 0 saturated carbocycles. The van der Waals surface area contributed by atoms with Crippen LogP contribution in [0, 0.1) is 5.92 Å². The van der Waals surface area contributed by atoms with Gasteiger partial charge in [0.15, 0.2) is 0 Å². The van der Waals surface area contributed by atoms with E-state index >= 15 is 0 Å². The van der Waals surface area contributed by atoms with Crippen LogP contribution < -0.4 is 0 Å². The van der Waals surface area contributed by atoms with Gasteiger partial charge in [-0.05, 0) is 0 Å². The molecular formula is C34H50Cl2SiZr. The Morgan fingerprint density at radius 1 is 0.711 bits per heavy atom. The van der Waals surface area contributed by atoms with Gasteiger partial charge in [-0.25, -0.2) is 0 Å². The smallest absolute Gasteiger partial charge is 0.147 e. The molecule has 2 aliphatic rings. The Hall–Kier alpha value is -0.660. The number of hydrogen-bond acceptors (Lipinski definition) is 0. The summed E-state index contributed by atoms with van der Waals surface area (Å²) in [6.45, 7) is 12.1. The zero-order valence-electron chi connectivity index (χ0n) is 24.6. The van der Waals surface area contributed by atoms with Crippen molar-refractivity contribution < 1.29 is 17.4 Å². The molecule has 0 saturated heterocycles. The van der Waals surface area contributed by atoms with Gasteiger partial charge in [-0.1, -0.05) is 0 Å². The molecule has 0 amide bonds. The van der Waals surface area contributed by atoms with Gasteiger partial charge < -0.3 is 0 Å². The van der Waals surface area contributed by atoms with Gasteiger partial charge in [-0.15, -0.1) is 24.8 Å². The van der Waals surface area contributed by atoms with Crippen LogP contribution in [0.5, 0.6) is 0 Å². The first-order chi connectivity index (χ1) is 17.3. The van der Waals surface area contributed by atoms with Crippen LogP contribution in [0.25, 0.3) is 5.57 Å². The van der Waals surface area contributed by atoms with Crippen molar-refractivity contribution in [2.75, 3.05) is 0 Å². The van der Waals surface area contributed by atoms with Gasteiger partial charge in [0, 0.05) is 0 Å². The van der Waals surface area contributed by atoms with Crippen LogP contribution in [0.1, 0.15) is 99.4 Å². The molecule has 2 aliphatic carbocycles. The van der Waals surface area contributed by atoms with Crippen molar-refractivity contribution in [1.29, 1.82) is 0 Å². The third-order valence-corrected chi connectivity index (χ3v) is 25.7. The fourth-order valence-electron chi connectivity index (χ4n) is 7.48. The maximum absolute atomic E-state index is 3.50. The van der Waals surface area contributed by atoms with E-state index in [0.717, 1.165) is 0 Å². The summed E-state index contributed by atoms with van der Waals surface area (Å²) in [7, 11) is 0. The summed E-state index contributed by atoms with van der Waals surface area (Å²) >= 11 is -3.50. The molecule has 0 bridgehead atoms. The molecule has 0 fully saturated rings. The topological polar surface area (TPSA) is 0 Å². The monoisotopic (exact) mass is 646 g/mol. The van der Waals surface area contributed by atoms with Crippen LogP contribution in [-0.2, 0) is 17.4 Å². The van der Waals surface area contributed by atoms with Crippen molar-refractivity contribution in [3.05, 3.63) is 97.4 Å². The molecule has 38 heavy (non-hydrogen) atoms. The second-order valence-electron chi connectivity index (χ2n) is 12.3. The molecule has 2 aromatic carbocycles. The van der Waals surface area contributed by atoms with Gasteiger partial charge in [0.1, 0.15) is 0 Å². The standard InChI is InChI=1S/C17H29.C15H11.2CH3.2ClH.H2Si.Zr/c1-5-9-14-13-15(10-6-2)17(12-8-4)16(14)11-7-3;1-2-6-12(7-3-1)15-11-10-13-8-4-5-9-14(13)15;;;;;;/h14H,5-12H2,1-4H3;1-11H;2*1H3;2*1H;1H2;. The minimum atomic E-state index is -3.50. The number of rotatable bonds is 11. The van der Waals surface area contributed by atoms with Gasteiger partial charge in [0.05, 0.1) is 0 Å². The zero-order valence-corrected chi connectivity index (χ0v) is 30.1. The summed E-state index contributed by atoms with van der Waals surface area (Å²) in [6.07, 6.45) is 12.9. The SMILES string of the molecule is CCCC1=C(CCC)C(CCC)[C]([Zr]([CH3])([CH3])(=[SiH2])[CH]2C=C(c3ccccc3)c3ccccc32)=C1CCC.Cl.Cl. The molecule has 0 spiro atoms. The summed E-state index contributed by atoms with van der Waals surface area (Å²) in [5.74, 6) is 0.692. The summed E-state index contributed by atoms with van der Waals surface area (Å²) < 4.78 is 8.16. The van der Waals surface area contributed by atoms with E-state index in [1.165, 1.54) is 68.1 Å². The third kappa shape index (κ3) is 6.15. The number of fused-ring (bicyclic) bond motifs is 1. The Labute approximate surface area is 248 Å². The quantitative estimate of drug-likeness (QED) is 0.213. The predicted molar refractivity (Wildman–Crippen MR) is 175 cm³/mol. The first kappa shape index (κ1) is 33.5. The van der Waals surface area contributed by atoms with Crippen molar-refractivity contribution in [2.24, 2.45) is 5.92 Å². The van der Waals surface area contributed by atoms with Crippen molar-refractivity contribution >= 4 is 37.3 Å². The van der Waals surface area contributed by atoms with E-state index in [1.807, 2.05) is 14.4 Å². The van der Waals surface area contributed by atoms with E-state index in [-0.39, 0.29) is 24.8 Å². The fourth-order valence-corrected chi connectivity index (χ4v) is 24.5. The molecule has 4 heteroatoms. The largest absolute Gasteiger partial charge is 0.147 e. The van der Waals surface area contributed by atoms with E-state index in [4.69, 9.17) is 0 Å². The average Bonchev–Trinajstić information content (AvgIpc) is 3.39. The molecule has 0 aromatic heterocycles. The van der Waals surface area contributed by atoms with E-state index < -0.39 is 17.4 Å². The second-order valence-corrected chi connectivity index (χ2v) is 41.8. The maximum Gasteiger partial charge on any atom is -0.147 e. The molecule has 2 aromatic rings. The van der Waals surface area contributed by atoms with Gasteiger partial charge in [-0.2, -0.15) is 0 Å². The molecular weight excluding hydrogens is 599 g/mol. The minimum Gasteiger partial charge on any atom is -0.147 e. The summed E-state index contributed by atoms with van der Waals surface area (Å²) in [5.41, 5.74) is 11.4. The van der Waals surface area contributed by atoms with Crippen molar-refractivity contribution in [2.45, 2.75) is 92.0 Å². The van der Waals surface area contributed by atoms with E-state index in [1.54, 1.807) is 11.1 Å². The van der Waals surface area contributed by atoms with Crippen LogP contribution in [0.3, 0.4) is 0 Å². The fraction of sp³-hybridized carbons (Fsp3) is 0.471. The van der Waals surface area contributed by atoms with Crippen LogP contribution >= 0.6 is 24.8 Å². The molecule has 4 rings (SSSR count). The van der Waals surface area contributed by atoms with Gasteiger partial charge in [0.25, 0.3) is 0 Å². The first-order valence-corrected chi connectivity index (χ1v) is 28.2. The normalized spacial score (nSPS) is 19.2. The molecule has 0 N–H and O–H groups in total. The first-order valence-electron chi connectivity index (χ1n) is 14.7. The summed E-state index contributed by atoms with van der Waals surface area (Å²) in [4.78, 5) is 0. The molecule has 0 heterocycles. The Balaban J connectivity index is 0.00000253. The van der Waals surface area contributed by atoms with Crippen LogP contribution in [0.4, 0.5) is 0 Å². The van der Waals surface area contributed by atoms with Crippen LogP contribution in [-0.4, -0.2) is 6.88 Å². The number of benzene rings is 2. The summed E-state index contributed by atoms with van der Waals surface area (Å²) in [5, 5.41) is 0. The van der Waals surface area contributed by atoms with Gasteiger partial charge in [0.2, 0.25) is 0 Å². The molecule has 0 aliphatic heterocycles. The van der Waals surface area contributed by atoms with Crippen molar-refractivity contribution in [3.8, 4) is 0 Å². The molecule has 0 radical (unpaired) electrons. The van der Waals surface area contributed by atoms with Crippen molar-refractivity contribution in [1.82, 2.24) is 0 Å². The number of allylic oxidation sites excluding steroid dienone is 5. The van der Waals surface area contributed by atoms with E-state index in [0.29, 0.717) is 9.54 Å². The molecule has 0 nitrogen and oxygen atoms in total. The van der Waals surface area contributed by atoms with Gasteiger partial charge in [-0.3, -0.25) is 0 Å². The van der Waals surface area contributed by atoms with Gasteiger partial charge >= 0.3 is 225 Å². The second kappa shape index (κ2) is 13.8. The Morgan fingerprint density at radius 2 is 1.29 bits per heavy atom. The zero-order chi connectivity index (χ0) is 25.9. The molecule has 208 valence electrons. The molecule has 2 atom stereocenters. The van der Waals surface area contributed by atoms with E-state index in [9.17, 15) is 0 Å². The minimum absolute atomic E-state index is 0. The van der Waals surface area contributed by atoms with Crippen LogP contribution in [0.2, 0.25) is 9.26 Å². The third-order valence-electron chi connectivity index (χ3n) is 8.83. The summed E-state index contributed by atoms with van der Waals surface area (Å²) in [6, 6.07) is 20.5. The predicted octanol–water partition coefficient (Wildman–Crippen LogP) is 10.7. The Morgan fingerprint density at radius 3 is 1.89 bits per heavy atom. The van der Waals surface area contributed by atoms with Crippen LogP contribution in [0.15, 0.2) is 80.7 Å². The number of halogens is 2.